The fourth-order valence-corrected chi connectivity index (χ4v) is 5.03. The Morgan fingerprint density at radius 1 is 1.21 bits per heavy atom. The highest BCUT2D eigenvalue weighted by molar-refractivity contribution is 7.88. The Morgan fingerprint density at radius 3 is 2.68 bits per heavy atom. The van der Waals surface area contributed by atoms with Gasteiger partial charge in [0.15, 0.2) is 0 Å². The largest absolute Gasteiger partial charge is 0.410 e. The molecular weight excluding hydrogens is 396 g/mol. The Hall–Kier alpha value is -1.90. The van der Waals surface area contributed by atoms with Gasteiger partial charge in [0, 0.05) is 12.6 Å². The minimum atomic E-state index is -4.26. The quantitative estimate of drug-likeness (QED) is 0.629. The van der Waals surface area contributed by atoms with Gasteiger partial charge in [-0.15, -0.1) is 11.3 Å². The van der Waals surface area contributed by atoms with Crippen molar-refractivity contribution >= 4 is 33.3 Å². The van der Waals surface area contributed by atoms with Crippen molar-refractivity contribution in [1.82, 2.24) is 5.32 Å². The molecule has 1 aliphatic carbocycles. The molecule has 1 fully saturated rings. The Balaban J connectivity index is 1.58. The predicted molar refractivity (Wildman–Crippen MR) is 112 cm³/mol. The standard InChI is InChI=1S/C20H26N2O4S2/c1-15(13-16-7-2-3-8-16)21-14-17-9-4-5-10-18(17)22-28(24,25)26-20(23)19-11-6-12-27-19/h4-6,9-12,15-16,21-22H,2-3,7-8,13-14H2,1H3/t15-/m0/s1. The first kappa shape index (κ1) is 20.8. The first-order valence-electron chi connectivity index (χ1n) is 9.54. The third-order valence-corrected chi connectivity index (χ3v) is 6.65. The van der Waals surface area contributed by atoms with Gasteiger partial charge in [-0.1, -0.05) is 49.9 Å². The maximum absolute atomic E-state index is 12.3. The fourth-order valence-electron chi connectivity index (χ4n) is 3.58. The van der Waals surface area contributed by atoms with Gasteiger partial charge in [0.2, 0.25) is 0 Å². The zero-order valence-electron chi connectivity index (χ0n) is 15.9. The molecule has 1 saturated carbocycles. The van der Waals surface area contributed by atoms with Gasteiger partial charge in [0.25, 0.3) is 0 Å². The molecule has 0 unspecified atom stereocenters. The van der Waals surface area contributed by atoms with Crippen LogP contribution in [0.25, 0.3) is 0 Å². The molecule has 2 N–H and O–H groups in total. The van der Waals surface area contributed by atoms with Crippen molar-refractivity contribution in [3.8, 4) is 0 Å². The zero-order valence-corrected chi connectivity index (χ0v) is 17.5. The highest BCUT2D eigenvalue weighted by Gasteiger charge is 2.21. The van der Waals surface area contributed by atoms with Crippen molar-refractivity contribution in [2.75, 3.05) is 4.72 Å². The Kier molecular flexibility index (Phi) is 7.09. The first-order valence-corrected chi connectivity index (χ1v) is 11.8. The fraction of sp³-hybridized carbons (Fsp3) is 0.450. The maximum Gasteiger partial charge on any atom is 0.410 e. The number of anilines is 1. The van der Waals surface area contributed by atoms with Crippen LogP contribution in [0, 0.1) is 5.92 Å². The lowest BCUT2D eigenvalue weighted by Crippen LogP contribution is -2.28. The van der Waals surface area contributed by atoms with Crippen molar-refractivity contribution < 1.29 is 17.4 Å². The van der Waals surface area contributed by atoms with Gasteiger partial charge in [0.1, 0.15) is 4.88 Å². The van der Waals surface area contributed by atoms with E-state index in [1.165, 1.54) is 31.7 Å². The monoisotopic (exact) mass is 422 g/mol. The molecule has 0 aliphatic heterocycles. The van der Waals surface area contributed by atoms with E-state index >= 15 is 0 Å². The zero-order chi connectivity index (χ0) is 20.0. The number of hydrogen-bond donors (Lipinski definition) is 2. The summed E-state index contributed by atoms with van der Waals surface area (Å²) in [6, 6.07) is 10.6. The normalized spacial score (nSPS) is 16.0. The summed E-state index contributed by atoms with van der Waals surface area (Å²) in [6.45, 7) is 2.69. The number of para-hydroxylation sites is 1. The van der Waals surface area contributed by atoms with E-state index in [4.69, 9.17) is 0 Å². The van der Waals surface area contributed by atoms with Gasteiger partial charge >= 0.3 is 16.3 Å². The van der Waals surface area contributed by atoms with Crippen LogP contribution in [-0.4, -0.2) is 20.4 Å². The summed E-state index contributed by atoms with van der Waals surface area (Å²) in [5.41, 5.74) is 1.21. The molecule has 8 heteroatoms. The second kappa shape index (κ2) is 9.54. The molecule has 28 heavy (non-hydrogen) atoms. The summed E-state index contributed by atoms with van der Waals surface area (Å²) in [7, 11) is -4.26. The molecule has 2 aromatic rings. The van der Waals surface area contributed by atoms with E-state index in [0.29, 0.717) is 18.3 Å². The van der Waals surface area contributed by atoms with Crippen LogP contribution < -0.4 is 10.0 Å². The van der Waals surface area contributed by atoms with Crippen molar-refractivity contribution in [3.63, 3.8) is 0 Å². The molecule has 1 aliphatic rings. The number of hydrogen-bond acceptors (Lipinski definition) is 6. The number of carbonyl (C=O) groups is 1. The van der Waals surface area contributed by atoms with E-state index in [1.54, 1.807) is 23.6 Å². The van der Waals surface area contributed by atoms with Gasteiger partial charge < -0.3 is 9.50 Å². The molecule has 0 spiro atoms. The highest BCUT2D eigenvalue weighted by Crippen LogP contribution is 2.28. The number of thiophene rings is 1. The van der Waals surface area contributed by atoms with Crippen LogP contribution in [0.15, 0.2) is 41.8 Å². The molecular formula is C20H26N2O4S2. The minimum Gasteiger partial charge on any atom is -0.325 e. The molecule has 6 nitrogen and oxygen atoms in total. The third-order valence-electron chi connectivity index (χ3n) is 4.96. The van der Waals surface area contributed by atoms with Crippen LogP contribution in [0.2, 0.25) is 0 Å². The van der Waals surface area contributed by atoms with E-state index < -0.39 is 16.3 Å². The molecule has 0 radical (unpaired) electrons. The molecule has 0 bridgehead atoms. The molecule has 1 aromatic carbocycles. The van der Waals surface area contributed by atoms with E-state index in [0.717, 1.165) is 29.2 Å². The van der Waals surface area contributed by atoms with Gasteiger partial charge in [-0.25, -0.2) is 4.79 Å². The molecule has 0 saturated heterocycles. The first-order chi connectivity index (χ1) is 13.4. The number of rotatable bonds is 9. The van der Waals surface area contributed by atoms with Crippen molar-refractivity contribution in [2.45, 2.75) is 51.6 Å². The topological polar surface area (TPSA) is 84.5 Å². The Bertz CT molecular complexity index is 875. The Labute approximate surface area is 170 Å². The van der Waals surface area contributed by atoms with Crippen LogP contribution >= 0.6 is 11.3 Å². The number of benzene rings is 1. The average molecular weight is 423 g/mol. The summed E-state index contributed by atoms with van der Waals surface area (Å²) in [5, 5.41) is 5.16. The van der Waals surface area contributed by atoms with E-state index in [9.17, 15) is 13.2 Å². The van der Waals surface area contributed by atoms with Crippen LogP contribution in [0.3, 0.4) is 0 Å². The van der Waals surface area contributed by atoms with E-state index in [2.05, 4.69) is 21.1 Å². The number of carbonyl (C=O) groups excluding carboxylic acids is 1. The van der Waals surface area contributed by atoms with E-state index in [1.807, 2.05) is 12.1 Å². The smallest absolute Gasteiger partial charge is 0.325 e. The second-order valence-corrected chi connectivity index (χ2v) is 9.46. The van der Waals surface area contributed by atoms with Crippen LogP contribution in [0.4, 0.5) is 5.69 Å². The molecule has 0 amide bonds. The number of nitrogens with one attached hydrogen (secondary N) is 2. The second-order valence-electron chi connectivity index (χ2n) is 7.23. The summed E-state index contributed by atoms with van der Waals surface area (Å²) in [6.07, 6.45) is 6.39. The van der Waals surface area contributed by atoms with Crippen molar-refractivity contribution in [1.29, 1.82) is 0 Å². The predicted octanol–water partition coefficient (Wildman–Crippen LogP) is 4.32. The van der Waals surface area contributed by atoms with Gasteiger partial charge in [-0.2, -0.15) is 8.42 Å². The van der Waals surface area contributed by atoms with Gasteiger partial charge in [-0.3, -0.25) is 4.72 Å². The SMILES string of the molecule is C[C@@H](CC1CCCC1)NCc1ccccc1NS(=O)(=O)OC(=O)c1cccs1. The molecule has 152 valence electrons. The molecule has 3 rings (SSSR count). The highest BCUT2D eigenvalue weighted by atomic mass is 32.2. The molecule has 1 atom stereocenters. The molecule has 1 aromatic heterocycles. The lowest BCUT2D eigenvalue weighted by molar-refractivity contribution is 0.0753. The Morgan fingerprint density at radius 2 is 1.96 bits per heavy atom. The van der Waals surface area contributed by atoms with Crippen molar-refractivity contribution in [3.05, 3.63) is 52.2 Å². The average Bonchev–Trinajstić information content (AvgIpc) is 3.34. The summed E-state index contributed by atoms with van der Waals surface area (Å²) in [5.74, 6) is -0.101. The van der Waals surface area contributed by atoms with Crippen LogP contribution in [0.1, 0.15) is 54.3 Å². The van der Waals surface area contributed by atoms with Crippen molar-refractivity contribution in [2.24, 2.45) is 5.92 Å². The summed E-state index contributed by atoms with van der Waals surface area (Å²) < 4.78 is 31.6. The van der Waals surface area contributed by atoms with Crippen LogP contribution in [0.5, 0.6) is 0 Å². The van der Waals surface area contributed by atoms with Gasteiger partial charge in [0.05, 0.1) is 5.69 Å². The summed E-state index contributed by atoms with van der Waals surface area (Å²) >= 11 is 1.13. The maximum atomic E-state index is 12.3. The lowest BCUT2D eigenvalue weighted by Gasteiger charge is -2.19. The minimum absolute atomic E-state index is 0.237. The third kappa shape index (κ3) is 6.05. The summed E-state index contributed by atoms with van der Waals surface area (Å²) in [4.78, 5) is 12.2. The van der Waals surface area contributed by atoms with E-state index in [-0.39, 0.29) is 4.88 Å². The lowest BCUT2D eigenvalue weighted by atomic mass is 9.99. The van der Waals surface area contributed by atoms with Crippen LogP contribution in [-0.2, 0) is 21.0 Å². The van der Waals surface area contributed by atoms with Gasteiger partial charge in [-0.05, 0) is 42.3 Å². The molecule has 1 heterocycles.